The molecule has 0 radical (unpaired) electrons. The van der Waals surface area contributed by atoms with E-state index in [9.17, 15) is 4.79 Å². The summed E-state index contributed by atoms with van der Waals surface area (Å²) in [5, 5.41) is 2.72. The van der Waals surface area contributed by atoms with Gasteiger partial charge in [0.15, 0.2) is 0 Å². The first-order valence-electron chi connectivity index (χ1n) is 6.50. The number of methoxy groups -OCH3 is 3. The molecular formula is C14H22N2O5. The molecule has 0 aliphatic carbocycles. The lowest BCUT2D eigenvalue weighted by Crippen LogP contribution is -2.28. The van der Waals surface area contributed by atoms with E-state index in [0.29, 0.717) is 43.4 Å². The second kappa shape index (κ2) is 9.04. The maximum Gasteiger partial charge on any atom is 0.253 e. The Hall–Kier alpha value is -1.99. The maximum atomic E-state index is 12.1. The Morgan fingerprint density at radius 1 is 1.14 bits per heavy atom. The Labute approximate surface area is 124 Å². The number of hydrogen-bond donors (Lipinski definition) is 2. The highest BCUT2D eigenvalue weighted by atomic mass is 16.5. The van der Waals surface area contributed by atoms with E-state index < -0.39 is 0 Å². The zero-order valence-corrected chi connectivity index (χ0v) is 12.6. The summed E-state index contributed by atoms with van der Waals surface area (Å²) in [5.74, 6) is 0.596. The fourth-order valence-electron chi connectivity index (χ4n) is 1.65. The van der Waals surface area contributed by atoms with Crippen molar-refractivity contribution in [3.63, 3.8) is 0 Å². The average Bonchev–Trinajstić information content (AvgIpc) is 2.50. The number of nitrogens with two attached hydrogens (primary N) is 1. The van der Waals surface area contributed by atoms with Crippen molar-refractivity contribution in [2.75, 3.05) is 53.4 Å². The van der Waals surface area contributed by atoms with Gasteiger partial charge in [-0.25, -0.2) is 0 Å². The molecule has 0 saturated heterocycles. The van der Waals surface area contributed by atoms with Crippen LogP contribution in [0.3, 0.4) is 0 Å². The van der Waals surface area contributed by atoms with Crippen LogP contribution in [0.1, 0.15) is 10.4 Å². The lowest BCUT2D eigenvalue weighted by molar-refractivity contribution is 0.0693. The number of anilines is 1. The third kappa shape index (κ3) is 5.13. The number of nitrogen functional groups attached to an aromatic ring is 1. The lowest BCUT2D eigenvalue weighted by atomic mass is 10.1. The normalized spacial score (nSPS) is 10.2. The van der Waals surface area contributed by atoms with Crippen LogP contribution in [0.25, 0.3) is 0 Å². The third-order valence-electron chi connectivity index (χ3n) is 2.78. The molecule has 118 valence electrons. The van der Waals surface area contributed by atoms with Crippen molar-refractivity contribution in [3.05, 3.63) is 17.7 Å². The molecule has 0 aromatic heterocycles. The fraction of sp³-hybridized carbons (Fsp3) is 0.500. The first-order chi connectivity index (χ1) is 10.1. The van der Waals surface area contributed by atoms with E-state index in [4.69, 9.17) is 24.7 Å². The van der Waals surface area contributed by atoms with Crippen LogP contribution in [-0.2, 0) is 9.47 Å². The molecule has 0 unspecified atom stereocenters. The molecule has 1 aromatic carbocycles. The molecule has 1 aromatic rings. The molecule has 0 atom stereocenters. The summed E-state index contributed by atoms with van der Waals surface area (Å²) in [6.07, 6.45) is 0. The van der Waals surface area contributed by atoms with Crippen molar-refractivity contribution in [1.82, 2.24) is 5.32 Å². The quantitative estimate of drug-likeness (QED) is 0.514. The van der Waals surface area contributed by atoms with Gasteiger partial charge < -0.3 is 30.0 Å². The van der Waals surface area contributed by atoms with Crippen molar-refractivity contribution in [2.24, 2.45) is 0 Å². The van der Waals surface area contributed by atoms with Crippen molar-refractivity contribution < 1.29 is 23.7 Å². The molecule has 0 saturated carbocycles. The van der Waals surface area contributed by atoms with E-state index in [1.165, 1.54) is 14.2 Å². The zero-order valence-electron chi connectivity index (χ0n) is 12.6. The van der Waals surface area contributed by atoms with Gasteiger partial charge in [-0.15, -0.1) is 0 Å². The molecule has 21 heavy (non-hydrogen) atoms. The Balaban J connectivity index is 2.61. The number of carbonyl (C=O) groups excluding carboxylic acids is 1. The monoisotopic (exact) mass is 298 g/mol. The second-order valence-electron chi connectivity index (χ2n) is 4.15. The number of hydrogen-bond acceptors (Lipinski definition) is 6. The molecule has 7 heteroatoms. The van der Waals surface area contributed by atoms with E-state index in [1.54, 1.807) is 19.2 Å². The minimum atomic E-state index is -0.306. The Bertz CT molecular complexity index is 465. The summed E-state index contributed by atoms with van der Waals surface area (Å²) in [5.41, 5.74) is 6.48. The molecule has 7 nitrogen and oxygen atoms in total. The first-order valence-corrected chi connectivity index (χ1v) is 6.50. The minimum absolute atomic E-state index is 0.274. The van der Waals surface area contributed by atoms with Gasteiger partial charge >= 0.3 is 0 Å². The third-order valence-corrected chi connectivity index (χ3v) is 2.78. The van der Waals surface area contributed by atoms with Gasteiger partial charge in [0.1, 0.15) is 11.5 Å². The van der Waals surface area contributed by atoms with E-state index in [2.05, 4.69) is 5.32 Å². The van der Waals surface area contributed by atoms with E-state index >= 15 is 0 Å². The van der Waals surface area contributed by atoms with Gasteiger partial charge in [0.2, 0.25) is 0 Å². The Morgan fingerprint density at radius 3 is 2.52 bits per heavy atom. The molecule has 0 heterocycles. The van der Waals surface area contributed by atoms with E-state index in [0.717, 1.165) is 0 Å². The molecule has 0 aliphatic rings. The van der Waals surface area contributed by atoms with Crippen LogP contribution in [0, 0.1) is 0 Å². The minimum Gasteiger partial charge on any atom is -0.497 e. The predicted molar refractivity (Wildman–Crippen MR) is 79.0 cm³/mol. The van der Waals surface area contributed by atoms with Crippen LogP contribution < -0.4 is 20.5 Å². The predicted octanol–water partition coefficient (Wildman–Crippen LogP) is 0.679. The van der Waals surface area contributed by atoms with Gasteiger partial charge in [-0.2, -0.15) is 0 Å². The van der Waals surface area contributed by atoms with Crippen LogP contribution in [0.15, 0.2) is 12.1 Å². The fourth-order valence-corrected chi connectivity index (χ4v) is 1.65. The number of rotatable bonds is 9. The first kappa shape index (κ1) is 17.1. The number of carbonyl (C=O) groups is 1. The van der Waals surface area contributed by atoms with Crippen molar-refractivity contribution >= 4 is 11.6 Å². The smallest absolute Gasteiger partial charge is 0.253 e. The molecule has 0 bridgehead atoms. The van der Waals surface area contributed by atoms with Crippen LogP contribution in [-0.4, -0.2) is 53.6 Å². The van der Waals surface area contributed by atoms with E-state index in [1.807, 2.05) is 0 Å². The van der Waals surface area contributed by atoms with Crippen molar-refractivity contribution in [2.45, 2.75) is 0 Å². The van der Waals surface area contributed by atoms with Crippen LogP contribution >= 0.6 is 0 Å². The number of benzene rings is 1. The van der Waals surface area contributed by atoms with Gasteiger partial charge in [0.25, 0.3) is 5.91 Å². The summed E-state index contributed by atoms with van der Waals surface area (Å²) < 4.78 is 20.4. The maximum absolute atomic E-state index is 12.1. The molecule has 0 aliphatic heterocycles. The van der Waals surface area contributed by atoms with E-state index in [-0.39, 0.29) is 11.6 Å². The SMILES string of the molecule is COCCOCCNC(=O)c1cc(OC)cc(OC)c1N. The van der Waals surface area contributed by atoms with Gasteiger partial charge in [0, 0.05) is 19.7 Å². The number of ether oxygens (including phenoxy) is 4. The molecule has 0 fully saturated rings. The van der Waals surface area contributed by atoms with Crippen LogP contribution in [0.2, 0.25) is 0 Å². The lowest BCUT2D eigenvalue weighted by Gasteiger charge is -2.13. The second-order valence-corrected chi connectivity index (χ2v) is 4.15. The van der Waals surface area contributed by atoms with Crippen molar-refractivity contribution in [3.8, 4) is 11.5 Å². The van der Waals surface area contributed by atoms with Crippen LogP contribution in [0.5, 0.6) is 11.5 Å². The molecule has 0 spiro atoms. The molecule has 3 N–H and O–H groups in total. The topological polar surface area (TPSA) is 92.0 Å². The highest BCUT2D eigenvalue weighted by Gasteiger charge is 2.15. The highest BCUT2D eigenvalue weighted by Crippen LogP contribution is 2.30. The standard InChI is InChI=1S/C14H22N2O5/c1-18-6-7-21-5-4-16-14(17)11-8-10(19-2)9-12(20-3)13(11)15/h8-9H,4-7,15H2,1-3H3,(H,16,17). The summed E-state index contributed by atoms with van der Waals surface area (Å²) >= 11 is 0. The Morgan fingerprint density at radius 2 is 1.90 bits per heavy atom. The largest absolute Gasteiger partial charge is 0.497 e. The summed E-state index contributed by atoms with van der Waals surface area (Å²) in [4.78, 5) is 12.1. The molecule has 1 amide bonds. The van der Waals surface area contributed by atoms with Gasteiger partial charge in [-0.1, -0.05) is 0 Å². The number of nitrogens with one attached hydrogen (secondary N) is 1. The summed E-state index contributed by atoms with van der Waals surface area (Å²) in [6.45, 7) is 1.78. The van der Waals surface area contributed by atoms with Crippen molar-refractivity contribution in [1.29, 1.82) is 0 Å². The van der Waals surface area contributed by atoms with Crippen LogP contribution in [0.4, 0.5) is 5.69 Å². The highest BCUT2D eigenvalue weighted by molar-refractivity contribution is 6.00. The van der Waals surface area contributed by atoms with Gasteiger partial charge in [-0.3, -0.25) is 4.79 Å². The zero-order chi connectivity index (χ0) is 15.7. The van der Waals surface area contributed by atoms with Gasteiger partial charge in [0.05, 0.1) is 45.3 Å². The Kier molecular flexibility index (Phi) is 7.34. The van der Waals surface area contributed by atoms with Gasteiger partial charge in [-0.05, 0) is 6.07 Å². The average molecular weight is 298 g/mol. The summed E-state index contributed by atoms with van der Waals surface area (Å²) in [6, 6.07) is 3.19. The molecular weight excluding hydrogens is 276 g/mol. The molecule has 1 rings (SSSR count). The number of amides is 1. The summed E-state index contributed by atoms with van der Waals surface area (Å²) in [7, 11) is 4.59.